The van der Waals surface area contributed by atoms with Gasteiger partial charge in [-0.1, -0.05) is 12.1 Å². The van der Waals surface area contributed by atoms with Gasteiger partial charge in [-0.25, -0.2) is 0 Å². The van der Waals surface area contributed by atoms with Crippen molar-refractivity contribution >= 4 is 11.6 Å². The molecule has 2 fully saturated rings. The summed E-state index contributed by atoms with van der Waals surface area (Å²) < 4.78 is 16.5. The Balaban J connectivity index is 1.22. The Bertz CT molecular complexity index is 898. The molecule has 0 spiro atoms. The van der Waals surface area contributed by atoms with Crippen molar-refractivity contribution in [3.63, 3.8) is 0 Å². The Labute approximate surface area is 164 Å². The van der Waals surface area contributed by atoms with Crippen molar-refractivity contribution in [3.05, 3.63) is 48.0 Å². The maximum Gasteiger partial charge on any atom is 0.231 e. The Morgan fingerprint density at radius 3 is 2.82 bits per heavy atom. The van der Waals surface area contributed by atoms with E-state index < -0.39 is 0 Å². The predicted octanol–water partition coefficient (Wildman–Crippen LogP) is 3.31. The Morgan fingerprint density at radius 2 is 1.96 bits per heavy atom. The minimum Gasteiger partial charge on any atom is -0.489 e. The third-order valence-corrected chi connectivity index (χ3v) is 6.23. The van der Waals surface area contributed by atoms with Crippen molar-refractivity contribution in [3.8, 4) is 17.2 Å². The summed E-state index contributed by atoms with van der Waals surface area (Å²) in [6.07, 6.45) is 3.39. The number of nitrogens with one attached hydrogen (secondary N) is 1. The lowest BCUT2D eigenvalue weighted by molar-refractivity contribution is -0.121. The number of ether oxygens (including phenoxy) is 3. The fraction of sp³-hybridized carbons (Fsp3) is 0.409. The first kappa shape index (κ1) is 17.4. The first-order valence-corrected chi connectivity index (χ1v) is 9.85. The summed E-state index contributed by atoms with van der Waals surface area (Å²) in [6, 6.07) is 13.3. The number of amides is 1. The molecule has 2 aromatic carbocycles. The van der Waals surface area contributed by atoms with Crippen LogP contribution in [0.25, 0.3) is 0 Å². The molecule has 2 saturated carbocycles. The van der Waals surface area contributed by atoms with E-state index in [9.17, 15) is 4.79 Å². The molecule has 3 aliphatic rings. The maximum absolute atomic E-state index is 12.8. The van der Waals surface area contributed by atoms with Gasteiger partial charge in [-0.15, -0.1) is 0 Å². The van der Waals surface area contributed by atoms with Crippen molar-refractivity contribution < 1.29 is 19.0 Å². The van der Waals surface area contributed by atoms with Crippen molar-refractivity contribution in [1.29, 1.82) is 0 Å². The monoisotopic (exact) mass is 380 g/mol. The van der Waals surface area contributed by atoms with Gasteiger partial charge in [0.15, 0.2) is 11.5 Å². The van der Waals surface area contributed by atoms with E-state index in [1.54, 1.807) is 0 Å². The number of anilines is 1. The van der Waals surface area contributed by atoms with E-state index in [1.165, 1.54) is 6.42 Å². The van der Waals surface area contributed by atoms with E-state index >= 15 is 0 Å². The molecule has 5 rings (SSSR count). The van der Waals surface area contributed by atoms with Gasteiger partial charge in [0.2, 0.25) is 12.7 Å². The van der Waals surface area contributed by atoms with Crippen molar-refractivity contribution in [2.24, 2.45) is 23.5 Å². The van der Waals surface area contributed by atoms with Gasteiger partial charge >= 0.3 is 0 Å². The van der Waals surface area contributed by atoms with Crippen LogP contribution in [0.2, 0.25) is 0 Å². The van der Waals surface area contributed by atoms with E-state index in [2.05, 4.69) is 5.32 Å². The quantitative estimate of drug-likeness (QED) is 0.832. The summed E-state index contributed by atoms with van der Waals surface area (Å²) in [5, 5.41) is 3.06. The number of carbonyl (C=O) groups is 1. The lowest BCUT2D eigenvalue weighted by Crippen LogP contribution is -2.42. The molecule has 4 unspecified atom stereocenters. The number of benzene rings is 2. The lowest BCUT2D eigenvalue weighted by atomic mass is 9.84. The zero-order valence-corrected chi connectivity index (χ0v) is 15.6. The number of carbonyl (C=O) groups excluding carboxylic acids is 1. The van der Waals surface area contributed by atoms with E-state index in [0.29, 0.717) is 29.9 Å². The van der Waals surface area contributed by atoms with E-state index in [1.807, 2.05) is 42.5 Å². The summed E-state index contributed by atoms with van der Waals surface area (Å²) in [7, 11) is 0. The highest BCUT2D eigenvalue weighted by atomic mass is 16.7. The highest BCUT2D eigenvalue weighted by molar-refractivity contribution is 5.93. The molecule has 6 nitrogen and oxygen atoms in total. The van der Waals surface area contributed by atoms with Gasteiger partial charge in [-0.05, 0) is 60.9 Å². The topological polar surface area (TPSA) is 82.8 Å². The first-order chi connectivity index (χ1) is 13.7. The van der Waals surface area contributed by atoms with E-state index in [4.69, 9.17) is 19.9 Å². The molecule has 3 N–H and O–H groups in total. The van der Waals surface area contributed by atoms with Crippen LogP contribution in [0.15, 0.2) is 42.5 Å². The fourth-order valence-corrected chi connectivity index (χ4v) is 4.82. The van der Waals surface area contributed by atoms with Crippen LogP contribution in [0.4, 0.5) is 5.69 Å². The summed E-state index contributed by atoms with van der Waals surface area (Å²) in [5.41, 5.74) is 8.06. The van der Waals surface area contributed by atoms with Gasteiger partial charge in [0.1, 0.15) is 12.4 Å². The van der Waals surface area contributed by atoms with E-state index in [0.717, 1.165) is 29.8 Å². The maximum atomic E-state index is 12.8. The normalized spacial score (nSPS) is 27.0. The Hall–Kier alpha value is -2.73. The summed E-state index contributed by atoms with van der Waals surface area (Å²) in [5.74, 6) is 3.09. The lowest BCUT2D eigenvalue weighted by Gasteiger charge is -2.27. The third-order valence-electron chi connectivity index (χ3n) is 6.23. The van der Waals surface area contributed by atoms with E-state index in [-0.39, 0.29) is 24.7 Å². The number of rotatable bonds is 5. The number of nitrogens with two attached hydrogens (primary N) is 1. The summed E-state index contributed by atoms with van der Waals surface area (Å²) in [4.78, 5) is 12.8. The minimum atomic E-state index is -0.0627. The molecule has 4 atom stereocenters. The van der Waals surface area contributed by atoms with Crippen LogP contribution in [0.5, 0.6) is 17.2 Å². The molecule has 146 valence electrons. The molecule has 2 bridgehead atoms. The van der Waals surface area contributed by atoms with Crippen LogP contribution >= 0.6 is 0 Å². The standard InChI is InChI=1S/C22H24N2O4/c23-21-15-5-4-14(9-15)20(21)22(25)24-16-3-1-2-13(8-16)11-26-17-6-7-18-19(10-17)28-12-27-18/h1-3,6-8,10,14-15,20-21H,4-5,9,11-12,23H2,(H,24,25). The second-order valence-corrected chi connectivity index (χ2v) is 7.93. The zero-order chi connectivity index (χ0) is 19.1. The van der Waals surface area contributed by atoms with Crippen LogP contribution in [-0.4, -0.2) is 18.7 Å². The number of hydrogen-bond acceptors (Lipinski definition) is 5. The SMILES string of the molecule is NC1C2CCC(C2)C1C(=O)Nc1cccc(COc2ccc3c(c2)OCO3)c1. The molecule has 2 aliphatic carbocycles. The van der Waals surface area contributed by atoms with Gasteiger partial charge in [0, 0.05) is 17.8 Å². The van der Waals surface area contributed by atoms with Gasteiger partial charge < -0.3 is 25.3 Å². The van der Waals surface area contributed by atoms with Crippen molar-refractivity contribution in [2.75, 3.05) is 12.1 Å². The van der Waals surface area contributed by atoms with Crippen molar-refractivity contribution in [2.45, 2.75) is 31.9 Å². The van der Waals surface area contributed by atoms with Crippen LogP contribution in [0, 0.1) is 17.8 Å². The highest BCUT2D eigenvalue weighted by Gasteiger charge is 2.49. The Kier molecular flexibility index (Phi) is 4.36. The van der Waals surface area contributed by atoms with Gasteiger partial charge in [-0.3, -0.25) is 4.79 Å². The summed E-state index contributed by atoms with van der Waals surface area (Å²) >= 11 is 0. The molecule has 28 heavy (non-hydrogen) atoms. The molecule has 1 aliphatic heterocycles. The van der Waals surface area contributed by atoms with Crippen LogP contribution in [-0.2, 0) is 11.4 Å². The van der Waals surface area contributed by atoms with Gasteiger partial charge in [-0.2, -0.15) is 0 Å². The third kappa shape index (κ3) is 3.18. The van der Waals surface area contributed by atoms with Crippen LogP contribution < -0.4 is 25.3 Å². The molecule has 0 radical (unpaired) electrons. The molecule has 1 heterocycles. The number of fused-ring (bicyclic) bond motifs is 3. The molecule has 0 aromatic heterocycles. The van der Waals surface area contributed by atoms with Crippen molar-refractivity contribution in [1.82, 2.24) is 0 Å². The average Bonchev–Trinajstić information content (AvgIpc) is 3.42. The summed E-state index contributed by atoms with van der Waals surface area (Å²) in [6.45, 7) is 0.643. The second-order valence-electron chi connectivity index (χ2n) is 7.93. The molecule has 1 amide bonds. The fourth-order valence-electron chi connectivity index (χ4n) is 4.82. The molecular formula is C22H24N2O4. The smallest absolute Gasteiger partial charge is 0.231 e. The van der Waals surface area contributed by atoms with Gasteiger partial charge in [0.25, 0.3) is 0 Å². The molecular weight excluding hydrogens is 356 g/mol. The first-order valence-electron chi connectivity index (χ1n) is 9.85. The highest BCUT2D eigenvalue weighted by Crippen LogP contribution is 2.48. The largest absolute Gasteiger partial charge is 0.489 e. The number of hydrogen-bond donors (Lipinski definition) is 2. The van der Waals surface area contributed by atoms with Crippen LogP contribution in [0.3, 0.4) is 0 Å². The molecule has 2 aromatic rings. The minimum absolute atomic E-state index is 0.00345. The Morgan fingerprint density at radius 1 is 1.11 bits per heavy atom. The van der Waals surface area contributed by atoms with Crippen LogP contribution in [0.1, 0.15) is 24.8 Å². The van der Waals surface area contributed by atoms with Gasteiger partial charge in [0.05, 0.1) is 5.92 Å². The predicted molar refractivity (Wildman–Crippen MR) is 104 cm³/mol. The average molecular weight is 380 g/mol. The second kappa shape index (κ2) is 7.02. The molecule has 6 heteroatoms. The zero-order valence-electron chi connectivity index (χ0n) is 15.6. The molecule has 0 saturated heterocycles.